The van der Waals surface area contributed by atoms with Crippen LogP contribution in [0.4, 0.5) is 0 Å². The largest absolute Gasteiger partial charge is 0.499 e. The van der Waals surface area contributed by atoms with Crippen molar-refractivity contribution >= 4 is 17.8 Å². The molecular formula is C24H31O2P. The summed E-state index contributed by atoms with van der Waals surface area (Å²) in [6.07, 6.45) is 4.95. The smallest absolute Gasteiger partial charge is 0.146 e. The van der Waals surface area contributed by atoms with Crippen molar-refractivity contribution in [3.8, 4) is 0 Å². The third-order valence-corrected chi connectivity index (χ3v) is 9.40. The fourth-order valence-corrected chi connectivity index (χ4v) is 8.14. The average Bonchev–Trinajstić information content (AvgIpc) is 2.92. The van der Waals surface area contributed by atoms with Crippen molar-refractivity contribution in [1.29, 1.82) is 0 Å². The molecule has 0 amide bonds. The highest BCUT2D eigenvalue weighted by Gasteiger charge is 2.43. The molecule has 0 saturated heterocycles. The first-order valence-corrected chi connectivity index (χ1v) is 11.9. The van der Waals surface area contributed by atoms with E-state index in [9.17, 15) is 4.57 Å². The first-order valence-electron chi connectivity index (χ1n) is 10.1. The summed E-state index contributed by atoms with van der Waals surface area (Å²) in [5, 5.41) is 1.96. The molecule has 144 valence electrons. The predicted molar refractivity (Wildman–Crippen MR) is 115 cm³/mol. The molecule has 0 N–H and O–H groups in total. The molecule has 2 aromatic carbocycles. The highest BCUT2D eigenvalue weighted by Crippen LogP contribution is 2.56. The quantitative estimate of drug-likeness (QED) is 0.595. The lowest BCUT2D eigenvalue weighted by molar-refractivity contribution is 0.197. The van der Waals surface area contributed by atoms with E-state index >= 15 is 0 Å². The van der Waals surface area contributed by atoms with E-state index in [1.807, 2.05) is 67.6 Å². The van der Waals surface area contributed by atoms with Crippen LogP contribution in [-0.2, 0) is 9.30 Å². The number of hydrogen-bond acceptors (Lipinski definition) is 2. The number of benzene rings is 2. The van der Waals surface area contributed by atoms with Gasteiger partial charge in [-0.15, -0.1) is 0 Å². The molecule has 1 aliphatic rings. The zero-order valence-corrected chi connectivity index (χ0v) is 17.6. The van der Waals surface area contributed by atoms with E-state index < -0.39 is 7.14 Å². The topological polar surface area (TPSA) is 26.3 Å². The molecule has 3 heteroatoms. The first-order chi connectivity index (χ1) is 13.1. The number of hydrogen-bond donors (Lipinski definition) is 0. The molecule has 2 atom stereocenters. The maximum atomic E-state index is 14.8. The van der Waals surface area contributed by atoms with Crippen molar-refractivity contribution in [3.05, 3.63) is 72.5 Å². The Hall–Kier alpha value is -1.79. The molecule has 0 fully saturated rings. The van der Waals surface area contributed by atoms with Gasteiger partial charge < -0.3 is 9.30 Å². The average molecular weight is 382 g/mol. The van der Waals surface area contributed by atoms with Crippen LogP contribution in [0.15, 0.2) is 72.5 Å². The van der Waals surface area contributed by atoms with E-state index in [-0.39, 0.29) is 5.66 Å². The van der Waals surface area contributed by atoms with Gasteiger partial charge in [-0.05, 0) is 37.7 Å². The Balaban J connectivity index is 2.10. The Labute approximate surface area is 164 Å². The van der Waals surface area contributed by atoms with Crippen molar-refractivity contribution in [3.63, 3.8) is 0 Å². The van der Waals surface area contributed by atoms with Crippen molar-refractivity contribution in [2.24, 2.45) is 11.8 Å². The molecule has 0 aromatic heterocycles. The second-order valence-corrected chi connectivity index (χ2v) is 10.7. The highest BCUT2D eigenvalue weighted by molar-refractivity contribution is 7.79. The normalized spacial score (nSPS) is 20.8. The van der Waals surface area contributed by atoms with Crippen molar-refractivity contribution < 1.29 is 9.30 Å². The summed E-state index contributed by atoms with van der Waals surface area (Å²) >= 11 is 0. The van der Waals surface area contributed by atoms with Gasteiger partial charge in [0.25, 0.3) is 0 Å². The van der Waals surface area contributed by atoms with Gasteiger partial charge >= 0.3 is 0 Å². The van der Waals surface area contributed by atoms with Crippen LogP contribution in [0, 0.1) is 11.8 Å². The third-order valence-electron chi connectivity index (χ3n) is 5.70. The van der Waals surface area contributed by atoms with E-state index in [1.54, 1.807) is 0 Å². The van der Waals surface area contributed by atoms with Gasteiger partial charge in [0.15, 0.2) is 0 Å². The molecule has 27 heavy (non-hydrogen) atoms. The monoisotopic (exact) mass is 382 g/mol. The minimum absolute atomic E-state index is 0.122. The second-order valence-electron chi connectivity index (χ2n) is 7.69. The molecule has 0 saturated carbocycles. The Morgan fingerprint density at radius 3 is 2.04 bits per heavy atom. The van der Waals surface area contributed by atoms with Gasteiger partial charge in [-0.3, -0.25) is 0 Å². The van der Waals surface area contributed by atoms with Crippen LogP contribution in [0.3, 0.4) is 0 Å². The fourth-order valence-electron chi connectivity index (χ4n) is 4.35. The lowest BCUT2D eigenvalue weighted by Crippen LogP contribution is -2.33. The minimum atomic E-state index is -2.77. The number of rotatable bonds is 6. The van der Waals surface area contributed by atoms with Crippen LogP contribution >= 0.6 is 7.14 Å². The standard InChI is InChI=1S/C24H31O2P/c1-4-26-20-12-11-17-24(23(18-20)19(2)3)27(25,21-13-7-5-8-14-21)22-15-9-6-10-16-22/h5-10,12-16,19,23-24H,4,11,17-18H2,1-3H3/t23-,24+/m0/s1. The van der Waals surface area contributed by atoms with Gasteiger partial charge in [-0.25, -0.2) is 0 Å². The predicted octanol–water partition coefficient (Wildman–Crippen LogP) is 5.75. The van der Waals surface area contributed by atoms with E-state index in [2.05, 4.69) is 19.9 Å². The highest BCUT2D eigenvalue weighted by atomic mass is 31.2. The Bertz CT molecular complexity index is 752. The van der Waals surface area contributed by atoms with Gasteiger partial charge in [0.05, 0.1) is 12.4 Å². The summed E-state index contributed by atoms with van der Waals surface area (Å²) in [4.78, 5) is 0. The van der Waals surface area contributed by atoms with Gasteiger partial charge in [-0.2, -0.15) is 0 Å². The Kier molecular flexibility index (Phi) is 6.60. The summed E-state index contributed by atoms with van der Waals surface area (Å²) in [5.41, 5.74) is 0.122. The molecule has 1 aliphatic carbocycles. The molecule has 0 aliphatic heterocycles. The lowest BCUT2D eigenvalue weighted by Gasteiger charge is -2.36. The molecule has 0 heterocycles. The van der Waals surface area contributed by atoms with Crippen molar-refractivity contribution in [1.82, 2.24) is 0 Å². The number of allylic oxidation sites excluding steroid dienone is 2. The first kappa shape index (κ1) is 20.0. The summed E-state index contributed by atoms with van der Waals surface area (Å²) in [6.45, 7) is 7.24. The van der Waals surface area contributed by atoms with Crippen molar-refractivity contribution in [2.75, 3.05) is 6.61 Å². The molecule has 0 unspecified atom stereocenters. The summed E-state index contributed by atoms with van der Waals surface area (Å²) < 4.78 is 20.7. The Morgan fingerprint density at radius 1 is 1.00 bits per heavy atom. The van der Waals surface area contributed by atoms with Crippen LogP contribution in [0.25, 0.3) is 0 Å². The van der Waals surface area contributed by atoms with E-state index in [1.165, 1.54) is 0 Å². The van der Waals surface area contributed by atoms with Gasteiger partial charge in [-0.1, -0.05) is 74.5 Å². The zero-order chi connectivity index (χ0) is 19.3. The minimum Gasteiger partial charge on any atom is -0.499 e. The van der Waals surface area contributed by atoms with Crippen LogP contribution in [0.1, 0.15) is 40.0 Å². The third kappa shape index (κ3) is 4.22. The zero-order valence-electron chi connectivity index (χ0n) is 16.7. The fraction of sp³-hybridized carbons (Fsp3) is 0.417. The lowest BCUT2D eigenvalue weighted by atomic mass is 9.88. The molecule has 3 rings (SSSR count). The van der Waals surface area contributed by atoms with Crippen LogP contribution in [0.2, 0.25) is 0 Å². The molecule has 2 aromatic rings. The summed E-state index contributed by atoms with van der Waals surface area (Å²) in [5.74, 6) is 1.85. The van der Waals surface area contributed by atoms with E-state index in [0.717, 1.165) is 35.6 Å². The van der Waals surface area contributed by atoms with E-state index in [4.69, 9.17) is 4.74 Å². The van der Waals surface area contributed by atoms with Gasteiger partial charge in [0, 0.05) is 22.7 Å². The maximum absolute atomic E-state index is 14.8. The molecule has 0 bridgehead atoms. The summed E-state index contributed by atoms with van der Waals surface area (Å²) in [7, 11) is -2.77. The SMILES string of the molecule is CCOC1=CCC[C@@H](P(=O)(c2ccccc2)c2ccccc2)[C@H](C(C)C)C1. The van der Waals surface area contributed by atoms with Crippen LogP contribution < -0.4 is 10.6 Å². The van der Waals surface area contributed by atoms with Crippen molar-refractivity contribution in [2.45, 2.75) is 45.7 Å². The van der Waals surface area contributed by atoms with E-state index in [0.29, 0.717) is 18.4 Å². The van der Waals surface area contributed by atoms with Crippen LogP contribution in [-0.4, -0.2) is 12.3 Å². The maximum Gasteiger partial charge on any atom is 0.146 e. The van der Waals surface area contributed by atoms with Crippen LogP contribution in [0.5, 0.6) is 0 Å². The molecule has 0 spiro atoms. The molecule has 0 radical (unpaired) electrons. The molecule has 2 nitrogen and oxygen atoms in total. The molecular weight excluding hydrogens is 351 g/mol. The van der Waals surface area contributed by atoms with Gasteiger partial charge in [0.1, 0.15) is 7.14 Å². The number of ether oxygens (including phenoxy) is 1. The second kappa shape index (κ2) is 8.93. The van der Waals surface area contributed by atoms with Gasteiger partial charge in [0.2, 0.25) is 0 Å². The summed E-state index contributed by atoms with van der Waals surface area (Å²) in [6, 6.07) is 20.2. The Morgan fingerprint density at radius 2 is 1.56 bits per heavy atom.